The molecule has 0 amide bonds. The van der Waals surface area contributed by atoms with E-state index in [0.29, 0.717) is 32.1 Å². The number of furan rings is 1. The van der Waals surface area contributed by atoms with Crippen LogP contribution in [0.1, 0.15) is 30.5 Å². The molecule has 178 valence electrons. The highest BCUT2D eigenvalue weighted by molar-refractivity contribution is 9.11. The Kier molecular flexibility index (Phi) is 6.80. The molecule has 1 aliphatic rings. The zero-order chi connectivity index (χ0) is 24.7. The van der Waals surface area contributed by atoms with E-state index in [4.69, 9.17) is 9.15 Å². The smallest absolute Gasteiger partial charge is 0.338 e. The summed E-state index contributed by atoms with van der Waals surface area (Å²) < 4.78 is 15.2. The van der Waals surface area contributed by atoms with E-state index < -0.39 is 12.0 Å². The average molecular weight is 634 g/mol. The first-order chi connectivity index (χ1) is 16.9. The number of carbonyl (C=O) groups is 1. The maximum absolute atomic E-state index is 13.6. The van der Waals surface area contributed by atoms with E-state index in [0.717, 1.165) is 19.4 Å². The molecule has 1 atom stereocenters. The second-order valence-electron chi connectivity index (χ2n) is 7.64. The van der Waals surface area contributed by atoms with Gasteiger partial charge in [-0.1, -0.05) is 49.3 Å². The maximum Gasteiger partial charge on any atom is 0.338 e. The molecule has 5 rings (SSSR count). The van der Waals surface area contributed by atoms with Gasteiger partial charge >= 0.3 is 5.97 Å². The maximum atomic E-state index is 13.6. The Morgan fingerprint density at radius 1 is 1.26 bits per heavy atom. The van der Waals surface area contributed by atoms with Gasteiger partial charge in [0, 0.05) is 25.5 Å². The zero-order valence-electron chi connectivity index (χ0n) is 18.6. The second-order valence-corrected chi connectivity index (χ2v) is 11.4. The van der Waals surface area contributed by atoms with Crippen LogP contribution in [-0.4, -0.2) is 17.1 Å². The molecule has 0 fully saturated rings. The molecule has 3 aromatic heterocycles. The van der Waals surface area contributed by atoms with Crippen LogP contribution in [0.25, 0.3) is 17.4 Å². The van der Waals surface area contributed by atoms with Crippen molar-refractivity contribution in [3.8, 4) is 11.3 Å². The zero-order valence-corrected chi connectivity index (χ0v) is 23.4. The summed E-state index contributed by atoms with van der Waals surface area (Å²) in [7, 11) is 0. The van der Waals surface area contributed by atoms with Crippen LogP contribution in [0.4, 0.5) is 0 Å². The number of thiophene rings is 1. The van der Waals surface area contributed by atoms with Gasteiger partial charge < -0.3 is 9.15 Å². The standard InChI is InChI=1S/C25H18Br2N2O4S2/c1-3-32-24(31)21-13(2)28-25-29(22(21)19-5-4-10-34-19)23(30)20(35-25)12-15-7-9-18(33-15)16-11-14(26)6-8-17(16)27/h4-12,22H,3H2,1-2H3/b20-12+/t22-/m1/s1. The monoisotopic (exact) mass is 632 g/mol. The minimum Gasteiger partial charge on any atom is -0.463 e. The van der Waals surface area contributed by atoms with Gasteiger partial charge in [-0.05, 0) is 55.6 Å². The first kappa shape index (κ1) is 24.2. The lowest BCUT2D eigenvalue weighted by Gasteiger charge is -2.23. The topological polar surface area (TPSA) is 73.8 Å². The number of aromatic nitrogens is 1. The Hall–Kier alpha value is -2.53. The third-order valence-electron chi connectivity index (χ3n) is 5.42. The summed E-state index contributed by atoms with van der Waals surface area (Å²) in [4.78, 5) is 32.4. The molecule has 0 unspecified atom stereocenters. The number of nitrogens with zero attached hydrogens (tertiary/aromatic N) is 2. The fraction of sp³-hybridized carbons (Fsp3) is 0.160. The summed E-state index contributed by atoms with van der Waals surface area (Å²) >= 11 is 9.80. The van der Waals surface area contributed by atoms with E-state index in [1.54, 1.807) is 24.5 Å². The Morgan fingerprint density at radius 3 is 2.83 bits per heavy atom. The van der Waals surface area contributed by atoms with Crippen LogP contribution in [0.15, 0.2) is 82.3 Å². The highest BCUT2D eigenvalue weighted by atomic mass is 79.9. The molecule has 4 aromatic rings. The fourth-order valence-corrected chi connectivity index (χ4v) is 6.55. The van der Waals surface area contributed by atoms with Gasteiger partial charge in [-0.2, -0.15) is 0 Å². The molecule has 0 saturated heterocycles. The first-order valence-corrected chi connectivity index (χ1v) is 13.9. The van der Waals surface area contributed by atoms with E-state index >= 15 is 0 Å². The van der Waals surface area contributed by atoms with Crippen LogP contribution < -0.4 is 14.9 Å². The molecule has 0 radical (unpaired) electrons. The number of ether oxygens (including phenoxy) is 1. The Labute approximate surface area is 225 Å². The second kappa shape index (κ2) is 9.85. The van der Waals surface area contributed by atoms with Crippen LogP contribution in [0.3, 0.4) is 0 Å². The summed E-state index contributed by atoms with van der Waals surface area (Å²) in [5.74, 6) is 0.761. The number of thiazole rings is 1. The Bertz CT molecular complexity index is 1640. The van der Waals surface area contributed by atoms with Crippen LogP contribution in [-0.2, 0) is 9.53 Å². The number of carbonyl (C=O) groups excluding carboxylic acids is 1. The average Bonchev–Trinajstić information content (AvgIpc) is 3.57. The molecule has 0 spiro atoms. The normalized spacial score (nSPS) is 15.8. The van der Waals surface area contributed by atoms with Gasteiger partial charge in [0.1, 0.15) is 17.6 Å². The van der Waals surface area contributed by atoms with E-state index in [1.165, 1.54) is 22.7 Å². The van der Waals surface area contributed by atoms with Crippen molar-refractivity contribution in [3.63, 3.8) is 0 Å². The van der Waals surface area contributed by atoms with E-state index in [9.17, 15) is 9.59 Å². The SMILES string of the molecule is CCOC(=O)C1=C(C)N=c2s/c(=C/c3ccc(-c4cc(Br)ccc4Br)o3)c(=O)n2[C@@H]1c1cccs1. The summed E-state index contributed by atoms with van der Waals surface area (Å²) in [6, 6.07) is 12.8. The third kappa shape index (κ3) is 4.55. The van der Waals surface area contributed by atoms with Crippen molar-refractivity contribution in [2.45, 2.75) is 19.9 Å². The van der Waals surface area contributed by atoms with E-state index in [-0.39, 0.29) is 12.2 Å². The first-order valence-electron chi connectivity index (χ1n) is 10.7. The molecule has 0 aliphatic carbocycles. The van der Waals surface area contributed by atoms with Crippen molar-refractivity contribution in [1.82, 2.24) is 4.57 Å². The number of rotatable bonds is 5. The molecule has 0 bridgehead atoms. The predicted molar refractivity (Wildman–Crippen MR) is 144 cm³/mol. The molecular formula is C25H18Br2N2O4S2. The number of hydrogen-bond donors (Lipinski definition) is 0. The fourth-order valence-electron chi connectivity index (χ4n) is 3.90. The van der Waals surface area contributed by atoms with Gasteiger partial charge in [0.05, 0.1) is 22.4 Å². The van der Waals surface area contributed by atoms with Gasteiger partial charge in [0.15, 0.2) is 4.80 Å². The lowest BCUT2D eigenvalue weighted by molar-refractivity contribution is -0.139. The van der Waals surface area contributed by atoms with Crippen molar-refractivity contribution < 1.29 is 13.9 Å². The number of benzene rings is 1. The molecule has 1 aromatic carbocycles. The molecule has 6 nitrogen and oxygen atoms in total. The Morgan fingerprint density at radius 2 is 2.09 bits per heavy atom. The van der Waals surface area contributed by atoms with Crippen LogP contribution in [0.2, 0.25) is 0 Å². The molecular weight excluding hydrogens is 616 g/mol. The third-order valence-corrected chi connectivity index (χ3v) is 8.52. The largest absolute Gasteiger partial charge is 0.463 e. The highest BCUT2D eigenvalue weighted by Gasteiger charge is 2.33. The predicted octanol–water partition coefficient (Wildman–Crippen LogP) is 5.64. The quantitative estimate of drug-likeness (QED) is 0.267. The van der Waals surface area contributed by atoms with Crippen molar-refractivity contribution >= 4 is 66.6 Å². The van der Waals surface area contributed by atoms with Gasteiger partial charge in [-0.3, -0.25) is 9.36 Å². The lowest BCUT2D eigenvalue weighted by atomic mass is 10.0. The molecule has 4 heterocycles. The summed E-state index contributed by atoms with van der Waals surface area (Å²) in [6.45, 7) is 3.78. The molecule has 0 saturated carbocycles. The van der Waals surface area contributed by atoms with Crippen molar-refractivity contribution in [2.75, 3.05) is 6.61 Å². The van der Waals surface area contributed by atoms with Gasteiger partial charge in [-0.25, -0.2) is 9.79 Å². The van der Waals surface area contributed by atoms with E-state index in [1.807, 2.05) is 47.8 Å². The van der Waals surface area contributed by atoms with Crippen molar-refractivity contribution in [3.05, 3.63) is 98.4 Å². The molecule has 0 N–H and O–H groups in total. The van der Waals surface area contributed by atoms with Crippen LogP contribution >= 0.6 is 54.5 Å². The van der Waals surface area contributed by atoms with Crippen molar-refractivity contribution in [2.24, 2.45) is 4.99 Å². The highest BCUT2D eigenvalue weighted by Crippen LogP contribution is 2.34. The minimum atomic E-state index is -0.586. The summed E-state index contributed by atoms with van der Waals surface area (Å²) in [6.07, 6.45) is 1.72. The lowest BCUT2D eigenvalue weighted by Crippen LogP contribution is -2.39. The van der Waals surface area contributed by atoms with Gasteiger partial charge in [-0.15, -0.1) is 11.3 Å². The molecule has 35 heavy (non-hydrogen) atoms. The number of fused-ring (bicyclic) bond motifs is 1. The van der Waals surface area contributed by atoms with Gasteiger partial charge in [0.25, 0.3) is 5.56 Å². The van der Waals surface area contributed by atoms with E-state index in [2.05, 4.69) is 36.9 Å². The number of hydrogen-bond acceptors (Lipinski definition) is 7. The van der Waals surface area contributed by atoms with Crippen LogP contribution in [0.5, 0.6) is 0 Å². The number of allylic oxidation sites excluding steroid dienone is 1. The van der Waals surface area contributed by atoms with Gasteiger partial charge in [0.2, 0.25) is 0 Å². The Balaban J connectivity index is 1.62. The van der Waals surface area contributed by atoms with Crippen LogP contribution in [0, 0.1) is 0 Å². The molecule has 1 aliphatic heterocycles. The summed E-state index contributed by atoms with van der Waals surface area (Å²) in [5, 5.41) is 1.92. The van der Waals surface area contributed by atoms with Crippen molar-refractivity contribution in [1.29, 1.82) is 0 Å². The number of halogens is 2. The molecule has 10 heteroatoms. The minimum absolute atomic E-state index is 0.233. The summed E-state index contributed by atoms with van der Waals surface area (Å²) in [5.41, 5.74) is 1.60. The number of esters is 1.